The van der Waals surface area contributed by atoms with Crippen LogP contribution >= 0.6 is 0 Å². The molecule has 2 aliphatic heterocycles. The number of nitrogens with one attached hydrogen (secondary N) is 2. The van der Waals surface area contributed by atoms with Crippen molar-refractivity contribution in [2.45, 2.75) is 69.8 Å². The molecule has 2 saturated heterocycles. The van der Waals surface area contributed by atoms with Crippen LogP contribution in [0.4, 0.5) is 38.0 Å². The second-order valence-corrected chi connectivity index (χ2v) is 13.8. The van der Waals surface area contributed by atoms with E-state index < -0.39 is 45.7 Å². The largest absolute Gasteiger partial charge is 0.451 e. The van der Waals surface area contributed by atoms with E-state index in [2.05, 4.69) is 20.6 Å². The number of alkyl halides is 6. The molecular weight excluding hydrogens is 668 g/mol. The lowest BCUT2D eigenvalue weighted by atomic mass is 9.91. The lowest BCUT2D eigenvalue weighted by molar-refractivity contribution is -0.144. The second-order valence-electron chi connectivity index (χ2n) is 12.0. The zero-order chi connectivity index (χ0) is 35.1. The fourth-order valence-corrected chi connectivity index (χ4v) is 6.29. The van der Waals surface area contributed by atoms with Crippen molar-refractivity contribution in [1.82, 2.24) is 20.6 Å². The van der Waals surface area contributed by atoms with E-state index in [1.165, 1.54) is 23.1 Å². The van der Waals surface area contributed by atoms with Gasteiger partial charge in [-0.25, -0.2) is 23.5 Å². The van der Waals surface area contributed by atoms with Crippen LogP contribution in [0.2, 0.25) is 0 Å². The van der Waals surface area contributed by atoms with E-state index in [-0.39, 0.29) is 55.1 Å². The summed E-state index contributed by atoms with van der Waals surface area (Å²) < 4.78 is 102. The molecule has 4 rings (SSSR count). The molecule has 1 aromatic carbocycles. The zero-order valence-corrected chi connectivity index (χ0v) is 26.9. The predicted octanol–water partition coefficient (Wildman–Crippen LogP) is 3.63. The number of nitrogens with zero attached hydrogens (tertiary/aromatic N) is 4. The summed E-state index contributed by atoms with van der Waals surface area (Å²) in [5.74, 6) is -2.01. The van der Waals surface area contributed by atoms with Gasteiger partial charge in [-0.15, -0.1) is 0 Å². The molecule has 1 atom stereocenters. The van der Waals surface area contributed by atoms with E-state index in [0.29, 0.717) is 57.3 Å². The molecule has 11 nitrogen and oxygen atoms in total. The molecule has 2 amide bonds. The molecule has 0 spiro atoms. The Morgan fingerprint density at radius 2 is 1.56 bits per heavy atom. The van der Waals surface area contributed by atoms with Gasteiger partial charge in [-0.2, -0.15) is 26.3 Å². The highest BCUT2D eigenvalue weighted by Crippen LogP contribution is 2.34. The summed E-state index contributed by atoms with van der Waals surface area (Å²) in [4.78, 5) is 36.0. The number of carbonyl (C=O) groups excluding carboxylic acids is 2. The average molecular weight is 708 g/mol. The van der Waals surface area contributed by atoms with Gasteiger partial charge in [-0.1, -0.05) is 12.1 Å². The molecule has 1 unspecified atom stereocenters. The molecule has 266 valence electrons. The molecule has 2 aromatic rings. The van der Waals surface area contributed by atoms with Crippen molar-refractivity contribution in [3.8, 4) is 0 Å². The van der Waals surface area contributed by atoms with E-state index in [4.69, 9.17) is 5.14 Å². The SMILES string of the molecule is NS(=O)(=O)CCNC(=O)CCCC1CCN(c2cc(N3CCCC3C(=O)NCCc3ccc(C(F)(F)F)cc3)nc(C(F)(F)F)n2)CC1. The number of halogens is 6. The first-order valence-corrected chi connectivity index (χ1v) is 17.4. The number of amides is 2. The molecule has 48 heavy (non-hydrogen) atoms. The maximum absolute atomic E-state index is 13.9. The highest BCUT2D eigenvalue weighted by molar-refractivity contribution is 7.89. The van der Waals surface area contributed by atoms with Gasteiger partial charge in [0, 0.05) is 45.2 Å². The maximum atomic E-state index is 13.9. The molecule has 0 radical (unpaired) electrons. The van der Waals surface area contributed by atoms with Gasteiger partial charge in [0.25, 0.3) is 0 Å². The van der Waals surface area contributed by atoms with Gasteiger partial charge in [0.1, 0.15) is 17.7 Å². The third kappa shape index (κ3) is 10.9. The maximum Gasteiger partial charge on any atom is 0.451 e. The monoisotopic (exact) mass is 707 g/mol. The number of anilines is 2. The van der Waals surface area contributed by atoms with Gasteiger partial charge < -0.3 is 20.4 Å². The fraction of sp³-hybridized carbons (Fsp3) is 0.600. The summed E-state index contributed by atoms with van der Waals surface area (Å²) in [6.45, 7) is 1.25. The van der Waals surface area contributed by atoms with Crippen LogP contribution < -0.4 is 25.6 Å². The topological polar surface area (TPSA) is 151 Å². The Labute approximate surface area is 274 Å². The van der Waals surface area contributed by atoms with Crippen molar-refractivity contribution in [2.75, 3.05) is 48.3 Å². The summed E-state index contributed by atoms with van der Waals surface area (Å²) in [7, 11) is -3.66. The van der Waals surface area contributed by atoms with Gasteiger partial charge in [0.2, 0.25) is 27.7 Å². The van der Waals surface area contributed by atoms with Crippen LogP contribution in [0, 0.1) is 5.92 Å². The first-order valence-electron chi connectivity index (χ1n) is 15.7. The molecule has 2 aliphatic rings. The quantitative estimate of drug-likeness (QED) is 0.267. The van der Waals surface area contributed by atoms with Crippen molar-refractivity contribution in [2.24, 2.45) is 11.1 Å². The van der Waals surface area contributed by atoms with Crippen LogP contribution in [-0.4, -0.2) is 74.7 Å². The van der Waals surface area contributed by atoms with Crippen LogP contribution in [0.25, 0.3) is 0 Å². The number of carbonyl (C=O) groups is 2. The van der Waals surface area contributed by atoms with E-state index in [1.807, 2.05) is 0 Å². The molecule has 1 aromatic heterocycles. The number of piperidine rings is 1. The molecule has 2 fully saturated rings. The smallest absolute Gasteiger partial charge is 0.356 e. The Bertz CT molecular complexity index is 1520. The van der Waals surface area contributed by atoms with Gasteiger partial charge >= 0.3 is 12.4 Å². The fourth-order valence-electron chi connectivity index (χ4n) is 5.90. The lowest BCUT2D eigenvalue weighted by Crippen LogP contribution is -2.44. The van der Waals surface area contributed by atoms with Crippen LogP contribution in [0.1, 0.15) is 61.9 Å². The third-order valence-electron chi connectivity index (χ3n) is 8.46. The van der Waals surface area contributed by atoms with Crippen LogP contribution in [0.3, 0.4) is 0 Å². The first kappa shape index (κ1) is 37.2. The summed E-state index contributed by atoms with van der Waals surface area (Å²) >= 11 is 0. The Kier molecular flexibility index (Phi) is 12.1. The molecule has 18 heteroatoms. The normalized spacial score (nSPS) is 17.9. The lowest BCUT2D eigenvalue weighted by Gasteiger charge is -2.34. The Morgan fingerprint density at radius 3 is 2.19 bits per heavy atom. The van der Waals surface area contributed by atoms with Crippen LogP contribution in [0.15, 0.2) is 30.3 Å². The number of benzene rings is 1. The molecule has 3 heterocycles. The minimum atomic E-state index is -4.82. The van der Waals surface area contributed by atoms with Crippen molar-refractivity contribution >= 4 is 33.5 Å². The number of primary sulfonamides is 1. The summed E-state index contributed by atoms with van der Waals surface area (Å²) in [6, 6.07) is 5.30. The molecule has 0 saturated carbocycles. The Balaban J connectivity index is 1.33. The molecule has 0 bridgehead atoms. The average Bonchev–Trinajstić information content (AvgIpc) is 3.50. The van der Waals surface area contributed by atoms with Crippen molar-refractivity contribution in [3.05, 3.63) is 47.3 Å². The summed E-state index contributed by atoms with van der Waals surface area (Å²) in [6.07, 6.45) is -5.21. The third-order valence-corrected chi connectivity index (χ3v) is 9.23. The first-order chi connectivity index (χ1) is 22.5. The van der Waals surface area contributed by atoms with Gasteiger partial charge in [-0.05, 0) is 68.6 Å². The number of nitrogens with two attached hydrogens (primary N) is 1. The van der Waals surface area contributed by atoms with E-state index >= 15 is 0 Å². The molecular formula is C30H39F6N7O4S. The van der Waals surface area contributed by atoms with Crippen molar-refractivity contribution in [1.29, 1.82) is 0 Å². The zero-order valence-electron chi connectivity index (χ0n) is 26.1. The van der Waals surface area contributed by atoms with Gasteiger partial charge in [0.05, 0.1) is 11.3 Å². The standard InChI is InChI=1S/C30H39F6N7O4S/c31-29(32,33)22-8-6-21(7-9-22)10-13-39-27(45)23-4-2-15-43(23)25-19-24(40-28(41-25)30(34,35)36)42-16-11-20(12-17-42)3-1-5-26(44)38-14-18-48(37,46)47/h6-9,19-20,23H,1-5,10-18H2,(H,38,44)(H,39,45)(H2,37,46,47). The van der Waals surface area contributed by atoms with E-state index in [9.17, 15) is 44.3 Å². The summed E-state index contributed by atoms with van der Waals surface area (Å²) in [5, 5.41) is 10.2. The van der Waals surface area contributed by atoms with E-state index in [1.54, 1.807) is 4.90 Å². The number of hydrogen-bond donors (Lipinski definition) is 3. The van der Waals surface area contributed by atoms with Crippen LogP contribution in [0.5, 0.6) is 0 Å². The number of rotatable bonds is 13. The van der Waals surface area contributed by atoms with Crippen molar-refractivity contribution in [3.63, 3.8) is 0 Å². The Hall–Kier alpha value is -3.67. The second kappa shape index (κ2) is 15.7. The minimum Gasteiger partial charge on any atom is -0.356 e. The highest BCUT2D eigenvalue weighted by atomic mass is 32.2. The number of sulfonamides is 1. The van der Waals surface area contributed by atoms with Gasteiger partial charge in [-0.3, -0.25) is 9.59 Å². The number of hydrogen-bond acceptors (Lipinski definition) is 8. The minimum absolute atomic E-state index is 0.0108. The van der Waals surface area contributed by atoms with Crippen LogP contribution in [-0.2, 0) is 38.4 Å². The molecule has 0 aliphatic carbocycles. The van der Waals surface area contributed by atoms with Crippen molar-refractivity contribution < 1.29 is 44.3 Å². The number of aromatic nitrogens is 2. The van der Waals surface area contributed by atoms with Gasteiger partial charge in [0.15, 0.2) is 0 Å². The highest BCUT2D eigenvalue weighted by Gasteiger charge is 2.39. The van der Waals surface area contributed by atoms with E-state index in [0.717, 1.165) is 18.6 Å². The Morgan fingerprint density at radius 1 is 0.896 bits per heavy atom. The predicted molar refractivity (Wildman–Crippen MR) is 165 cm³/mol. The molecule has 4 N–H and O–H groups in total. The summed E-state index contributed by atoms with van der Waals surface area (Å²) in [5.41, 5.74) is -0.183.